The van der Waals surface area contributed by atoms with Gasteiger partial charge in [-0.2, -0.15) is 22.9 Å². The van der Waals surface area contributed by atoms with Gasteiger partial charge in [0, 0.05) is 0 Å². The van der Waals surface area contributed by atoms with E-state index in [1.807, 2.05) is 0 Å². The molecule has 0 atom stereocenters. The lowest BCUT2D eigenvalue weighted by Crippen LogP contribution is -2.15. The number of halogens is 3. The lowest BCUT2D eigenvalue weighted by atomic mass is 10.2. The average molecular weight is 437 g/mol. The van der Waals surface area contributed by atoms with Crippen molar-refractivity contribution in [2.24, 2.45) is 0 Å². The maximum atomic E-state index is 12.7. The van der Waals surface area contributed by atoms with Gasteiger partial charge in [-0.25, -0.2) is 0 Å². The van der Waals surface area contributed by atoms with Crippen molar-refractivity contribution in [1.82, 2.24) is 19.6 Å². The van der Waals surface area contributed by atoms with Crippen LogP contribution < -0.4 is 9.46 Å². The summed E-state index contributed by atoms with van der Waals surface area (Å²) in [5.74, 6) is 0.465. The molecule has 0 saturated heterocycles. The van der Waals surface area contributed by atoms with Crippen molar-refractivity contribution in [3.8, 4) is 5.88 Å². The highest BCUT2D eigenvalue weighted by molar-refractivity contribution is 7.92. The number of benzene rings is 1. The molecule has 2 heterocycles. The molecule has 0 aliphatic carbocycles. The number of ether oxygens (including phenoxy) is 1. The van der Waals surface area contributed by atoms with E-state index in [9.17, 15) is 8.42 Å². The number of nitrogens with one attached hydrogen (secondary N) is 1. The highest BCUT2D eigenvalue weighted by Crippen LogP contribution is 2.34. The lowest BCUT2D eigenvalue weighted by molar-refractivity contribution is 0.395. The van der Waals surface area contributed by atoms with Gasteiger partial charge in [0.25, 0.3) is 15.2 Å². The second-order valence-corrected chi connectivity index (χ2v) is 8.01. The third kappa shape index (κ3) is 3.16. The fourth-order valence-electron chi connectivity index (χ4n) is 2.18. The van der Waals surface area contributed by atoms with Gasteiger partial charge in [0.2, 0.25) is 5.88 Å². The molecule has 0 fully saturated rings. The Morgan fingerprint density at radius 3 is 2.46 bits per heavy atom. The predicted molar refractivity (Wildman–Crippen MR) is 99.1 cm³/mol. The van der Waals surface area contributed by atoms with E-state index in [1.54, 1.807) is 19.9 Å². The molecule has 0 aliphatic heterocycles. The van der Waals surface area contributed by atoms with E-state index in [2.05, 4.69) is 19.8 Å². The Balaban J connectivity index is 2.13. The number of aromatic nitrogens is 4. The molecule has 0 spiro atoms. The quantitative estimate of drug-likeness (QED) is 0.672. The highest BCUT2D eigenvalue weighted by atomic mass is 35.5. The van der Waals surface area contributed by atoms with Gasteiger partial charge in [-0.3, -0.25) is 4.72 Å². The van der Waals surface area contributed by atoms with Crippen molar-refractivity contribution in [3.63, 3.8) is 0 Å². The lowest BCUT2D eigenvalue weighted by Gasteiger charge is -2.10. The Hall–Kier alpha value is -1.81. The van der Waals surface area contributed by atoms with Crippen molar-refractivity contribution < 1.29 is 13.2 Å². The van der Waals surface area contributed by atoms with Gasteiger partial charge in [0.15, 0.2) is 5.65 Å². The number of nitrogens with zero attached hydrogens (tertiary/aromatic N) is 4. The smallest absolute Gasteiger partial charge is 0.299 e. The molecule has 1 aromatic carbocycles. The topological polar surface area (TPSA) is 98.5 Å². The van der Waals surface area contributed by atoms with E-state index in [0.29, 0.717) is 11.4 Å². The van der Waals surface area contributed by atoms with Crippen LogP contribution in [0.15, 0.2) is 17.3 Å². The molecule has 0 radical (unpaired) electrons. The van der Waals surface area contributed by atoms with Crippen LogP contribution in [0, 0.1) is 13.8 Å². The number of fused-ring (bicyclic) bond motifs is 1. The molecular formula is C14H12Cl3N5O3S. The molecule has 12 heteroatoms. The Kier molecular flexibility index (Phi) is 4.91. The summed E-state index contributed by atoms with van der Waals surface area (Å²) < 4.78 is 34.0. The van der Waals surface area contributed by atoms with Crippen molar-refractivity contribution >= 4 is 56.2 Å². The Morgan fingerprint density at radius 1 is 1.12 bits per heavy atom. The minimum absolute atomic E-state index is 0.0404. The number of sulfonamides is 1. The molecule has 0 unspecified atom stereocenters. The van der Waals surface area contributed by atoms with Gasteiger partial charge in [-0.15, -0.1) is 5.10 Å². The number of hydrogen-bond acceptors (Lipinski definition) is 6. The van der Waals surface area contributed by atoms with Crippen molar-refractivity contribution in [1.29, 1.82) is 0 Å². The maximum Gasteiger partial charge on any atom is 0.299 e. The van der Waals surface area contributed by atoms with Crippen LogP contribution in [0.5, 0.6) is 5.88 Å². The van der Waals surface area contributed by atoms with Crippen LogP contribution in [-0.2, 0) is 10.0 Å². The first-order valence-corrected chi connectivity index (χ1v) is 9.71. The number of hydrogen-bond donors (Lipinski definition) is 1. The summed E-state index contributed by atoms with van der Waals surface area (Å²) in [5.41, 5.74) is 0.799. The summed E-state index contributed by atoms with van der Waals surface area (Å²) in [5, 5.41) is 3.82. The molecule has 0 amide bonds. The fourth-order valence-corrected chi connectivity index (χ4v) is 3.97. The summed E-state index contributed by atoms with van der Waals surface area (Å²) in [6, 6.07) is 3.21. The molecule has 0 aliphatic rings. The molecule has 26 heavy (non-hydrogen) atoms. The van der Waals surface area contributed by atoms with E-state index in [4.69, 9.17) is 39.5 Å². The number of methoxy groups -OCH3 is 1. The van der Waals surface area contributed by atoms with Gasteiger partial charge in [-0.05, 0) is 25.5 Å². The summed E-state index contributed by atoms with van der Waals surface area (Å²) in [7, 11) is -2.79. The highest BCUT2D eigenvalue weighted by Gasteiger charge is 2.26. The molecule has 3 aromatic rings. The van der Waals surface area contributed by atoms with Crippen LogP contribution in [0.1, 0.15) is 11.4 Å². The SMILES string of the molecule is COc1nc(C)n2nc(S(=O)(=O)Nc3c(Cl)ccc(C)c3Cl)nc2c1Cl. The minimum Gasteiger partial charge on any atom is -0.480 e. The van der Waals surface area contributed by atoms with Crippen LogP contribution in [-0.4, -0.2) is 35.1 Å². The summed E-state index contributed by atoms with van der Waals surface area (Å²) in [6.07, 6.45) is 0. The van der Waals surface area contributed by atoms with Crippen LogP contribution in [0.4, 0.5) is 5.69 Å². The largest absolute Gasteiger partial charge is 0.480 e. The van der Waals surface area contributed by atoms with E-state index >= 15 is 0 Å². The van der Waals surface area contributed by atoms with E-state index in [-0.39, 0.29) is 32.3 Å². The second kappa shape index (κ2) is 6.73. The normalized spacial score (nSPS) is 11.8. The zero-order chi connectivity index (χ0) is 19.2. The maximum absolute atomic E-state index is 12.7. The predicted octanol–water partition coefficient (Wildman–Crippen LogP) is 3.51. The van der Waals surface area contributed by atoms with Gasteiger partial charge in [-0.1, -0.05) is 40.9 Å². The van der Waals surface area contributed by atoms with Crippen molar-refractivity contribution in [2.45, 2.75) is 19.0 Å². The third-order valence-corrected chi connectivity index (χ3v) is 5.76. The molecule has 138 valence electrons. The van der Waals surface area contributed by atoms with Gasteiger partial charge in [0.05, 0.1) is 22.8 Å². The molecule has 8 nitrogen and oxygen atoms in total. The zero-order valence-corrected chi connectivity index (χ0v) is 16.8. The Morgan fingerprint density at radius 2 is 1.81 bits per heavy atom. The molecular weight excluding hydrogens is 425 g/mol. The van der Waals surface area contributed by atoms with Gasteiger partial charge in [0.1, 0.15) is 10.8 Å². The number of aryl methyl sites for hydroxylation is 2. The first-order valence-electron chi connectivity index (χ1n) is 7.10. The summed E-state index contributed by atoms with van der Waals surface area (Å²) in [6.45, 7) is 3.33. The van der Waals surface area contributed by atoms with Crippen LogP contribution >= 0.6 is 34.8 Å². The second-order valence-electron chi connectivity index (χ2n) is 5.27. The summed E-state index contributed by atoms with van der Waals surface area (Å²) >= 11 is 18.4. The van der Waals surface area contributed by atoms with Gasteiger partial charge >= 0.3 is 0 Å². The molecule has 3 rings (SSSR count). The Labute approximate surface area is 164 Å². The Bertz CT molecular complexity index is 1130. The van der Waals surface area contributed by atoms with E-state index in [1.165, 1.54) is 17.7 Å². The van der Waals surface area contributed by atoms with E-state index < -0.39 is 15.2 Å². The van der Waals surface area contributed by atoms with Crippen LogP contribution in [0.3, 0.4) is 0 Å². The minimum atomic E-state index is -4.18. The molecule has 2 aromatic heterocycles. The standard InChI is InChI=1S/C14H12Cl3N5O3S/c1-6-4-5-8(15)11(9(6)16)21-26(23,24)14-19-12-10(17)13(25-3)18-7(2)22(12)20-14/h4-5,21H,1-3H3. The monoisotopic (exact) mass is 435 g/mol. The molecule has 0 saturated carbocycles. The van der Waals surface area contributed by atoms with Crippen molar-refractivity contribution in [2.75, 3.05) is 11.8 Å². The average Bonchev–Trinajstić information content (AvgIpc) is 3.05. The van der Waals surface area contributed by atoms with Gasteiger partial charge < -0.3 is 4.74 Å². The summed E-state index contributed by atoms with van der Waals surface area (Å²) in [4.78, 5) is 8.08. The van der Waals surface area contributed by atoms with Crippen LogP contribution in [0.2, 0.25) is 15.1 Å². The van der Waals surface area contributed by atoms with E-state index in [0.717, 1.165) is 0 Å². The third-order valence-electron chi connectivity index (χ3n) is 3.50. The number of anilines is 1. The van der Waals surface area contributed by atoms with Crippen LogP contribution in [0.25, 0.3) is 5.65 Å². The first-order chi connectivity index (χ1) is 12.2. The molecule has 0 bridgehead atoms. The zero-order valence-electron chi connectivity index (χ0n) is 13.7. The fraction of sp³-hybridized carbons (Fsp3) is 0.214. The van der Waals surface area contributed by atoms with Crippen molar-refractivity contribution in [3.05, 3.63) is 38.6 Å². The number of rotatable bonds is 4. The molecule has 1 N–H and O–H groups in total. The first kappa shape index (κ1) is 19.0.